The van der Waals surface area contributed by atoms with Crippen LogP contribution in [0.2, 0.25) is 0 Å². The third-order valence-corrected chi connectivity index (χ3v) is 5.67. The first-order valence-electron chi connectivity index (χ1n) is 10.4. The van der Waals surface area contributed by atoms with Gasteiger partial charge in [-0.15, -0.1) is 0 Å². The van der Waals surface area contributed by atoms with Crippen molar-refractivity contribution in [1.29, 1.82) is 0 Å². The number of halogens is 1. The quantitative estimate of drug-likeness (QED) is 0.533. The van der Waals surface area contributed by atoms with E-state index in [2.05, 4.69) is 10.2 Å². The number of carbonyl (C=O) groups is 1. The molecular weight excluding hydrogens is 389 g/mol. The number of nitrogens with zero attached hydrogens (tertiary/aromatic N) is 2. The molecule has 1 saturated heterocycles. The van der Waals surface area contributed by atoms with Crippen LogP contribution in [0.25, 0.3) is 0 Å². The number of hydrogen-bond acceptors (Lipinski definition) is 4. The number of ether oxygens (including phenoxy) is 1. The predicted octanol–water partition coefficient (Wildman–Crippen LogP) is 3.83. The summed E-state index contributed by atoms with van der Waals surface area (Å²) in [5.74, 6) is 0.420. The molecule has 1 amide bonds. The topological polar surface area (TPSA) is 44.8 Å². The Bertz CT molecular complexity index is 668. The molecule has 2 rings (SSSR count). The molecule has 1 N–H and O–H groups in total. The molecule has 0 bridgehead atoms. The van der Waals surface area contributed by atoms with E-state index in [0.717, 1.165) is 45.3 Å². The van der Waals surface area contributed by atoms with Gasteiger partial charge < -0.3 is 19.9 Å². The maximum Gasteiger partial charge on any atom is 0.231 e. The Kier molecular flexibility index (Phi) is 8.83. The van der Waals surface area contributed by atoms with Gasteiger partial charge in [0.15, 0.2) is 5.11 Å². The van der Waals surface area contributed by atoms with E-state index >= 15 is 0 Å². The zero-order chi connectivity index (χ0) is 21.4. The predicted molar refractivity (Wildman–Crippen MR) is 119 cm³/mol. The Labute approximate surface area is 179 Å². The fourth-order valence-electron chi connectivity index (χ4n) is 3.23. The number of thiocarbonyl (C=S) groups is 1. The first-order valence-corrected chi connectivity index (χ1v) is 10.8. The van der Waals surface area contributed by atoms with Crippen molar-refractivity contribution in [3.8, 4) is 5.75 Å². The van der Waals surface area contributed by atoms with Crippen LogP contribution >= 0.6 is 12.2 Å². The van der Waals surface area contributed by atoms with Crippen molar-refractivity contribution in [3.05, 3.63) is 30.1 Å². The van der Waals surface area contributed by atoms with Crippen molar-refractivity contribution < 1.29 is 13.9 Å². The third kappa shape index (κ3) is 7.90. The number of piperidine rings is 1. The minimum Gasteiger partial charge on any atom is -0.494 e. The van der Waals surface area contributed by atoms with Gasteiger partial charge in [-0.2, -0.15) is 0 Å². The summed E-state index contributed by atoms with van der Waals surface area (Å²) in [6, 6.07) is 6.50. The molecule has 29 heavy (non-hydrogen) atoms. The lowest BCUT2D eigenvalue weighted by molar-refractivity contribution is -0.127. The molecule has 1 aromatic rings. The van der Waals surface area contributed by atoms with Crippen molar-refractivity contribution in [2.24, 2.45) is 5.41 Å². The molecule has 0 aliphatic carbocycles. The van der Waals surface area contributed by atoms with Crippen LogP contribution in [0.3, 0.4) is 0 Å². The van der Waals surface area contributed by atoms with Gasteiger partial charge in [-0.05, 0) is 68.7 Å². The van der Waals surface area contributed by atoms with Crippen LogP contribution in [0.15, 0.2) is 24.3 Å². The van der Waals surface area contributed by atoms with E-state index in [-0.39, 0.29) is 11.7 Å². The molecule has 1 aliphatic heterocycles. The van der Waals surface area contributed by atoms with Crippen molar-refractivity contribution in [2.75, 3.05) is 33.3 Å². The second kappa shape index (κ2) is 10.9. The van der Waals surface area contributed by atoms with E-state index in [1.165, 1.54) is 12.1 Å². The van der Waals surface area contributed by atoms with Gasteiger partial charge in [0.05, 0.1) is 6.61 Å². The molecule has 0 saturated carbocycles. The minimum absolute atomic E-state index is 0.0466. The normalized spacial score (nSPS) is 15.8. The van der Waals surface area contributed by atoms with Crippen LogP contribution < -0.4 is 10.1 Å². The smallest absolute Gasteiger partial charge is 0.231 e. The molecule has 0 aromatic heterocycles. The van der Waals surface area contributed by atoms with Gasteiger partial charge in [0, 0.05) is 31.6 Å². The van der Waals surface area contributed by atoms with Gasteiger partial charge in [0.2, 0.25) is 5.91 Å². The molecule has 1 heterocycles. The molecule has 0 spiro atoms. The van der Waals surface area contributed by atoms with Gasteiger partial charge in [0.25, 0.3) is 0 Å². The molecule has 0 unspecified atom stereocenters. The van der Waals surface area contributed by atoms with Crippen molar-refractivity contribution in [3.63, 3.8) is 0 Å². The van der Waals surface area contributed by atoms with Crippen LogP contribution in [-0.4, -0.2) is 60.2 Å². The molecule has 0 radical (unpaired) electrons. The fraction of sp³-hybridized carbons (Fsp3) is 0.636. The fourth-order valence-corrected chi connectivity index (χ4v) is 3.47. The summed E-state index contributed by atoms with van der Waals surface area (Å²) in [6.07, 6.45) is 4.12. The van der Waals surface area contributed by atoms with E-state index in [0.29, 0.717) is 23.5 Å². The highest BCUT2D eigenvalue weighted by Crippen LogP contribution is 2.18. The Balaban J connectivity index is 1.61. The summed E-state index contributed by atoms with van der Waals surface area (Å²) >= 11 is 5.42. The van der Waals surface area contributed by atoms with Crippen molar-refractivity contribution in [2.45, 2.75) is 52.5 Å². The zero-order valence-corrected chi connectivity index (χ0v) is 18.9. The molecule has 1 aromatic carbocycles. The van der Waals surface area contributed by atoms with E-state index in [1.54, 1.807) is 12.1 Å². The lowest BCUT2D eigenvalue weighted by Crippen LogP contribution is -2.51. The summed E-state index contributed by atoms with van der Waals surface area (Å²) in [6.45, 7) is 9.41. The minimum atomic E-state index is -0.450. The maximum absolute atomic E-state index is 12.9. The van der Waals surface area contributed by atoms with Crippen LogP contribution in [-0.2, 0) is 4.79 Å². The summed E-state index contributed by atoms with van der Waals surface area (Å²) in [5.41, 5.74) is -0.450. The van der Waals surface area contributed by atoms with Crippen LogP contribution in [0, 0.1) is 11.2 Å². The molecule has 5 nitrogen and oxygen atoms in total. The summed E-state index contributed by atoms with van der Waals surface area (Å²) in [5, 5.41) is 3.38. The lowest BCUT2D eigenvalue weighted by atomic mass is 9.96. The van der Waals surface area contributed by atoms with Gasteiger partial charge in [0.1, 0.15) is 11.6 Å². The van der Waals surface area contributed by atoms with Crippen molar-refractivity contribution >= 4 is 23.2 Å². The molecule has 1 fully saturated rings. The lowest BCUT2D eigenvalue weighted by Gasteiger charge is -2.38. The molecule has 0 atom stereocenters. The summed E-state index contributed by atoms with van der Waals surface area (Å²) in [4.78, 5) is 16.6. The highest BCUT2D eigenvalue weighted by molar-refractivity contribution is 7.80. The number of carbonyl (C=O) groups excluding carboxylic acids is 1. The SMILES string of the molecule is CN(C(=S)NC(=O)C(C)(C)C)C1CCN(CCCCOc2ccc(F)cc2)CC1. The standard InChI is InChI=1S/C22H34FN3O2S/c1-22(2,3)20(27)24-21(29)25(4)18-11-14-26(15-12-18)13-5-6-16-28-19-9-7-17(23)8-10-19/h7-10,18H,5-6,11-16H2,1-4H3,(H,24,27,29). The number of amides is 1. The largest absolute Gasteiger partial charge is 0.494 e. The van der Waals surface area contributed by atoms with Crippen LogP contribution in [0.1, 0.15) is 46.5 Å². The average molecular weight is 424 g/mol. The van der Waals surface area contributed by atoms with E-state index in [4.69, 9.17) is 17.0 Å². The first kappa shape index (κ1) is 23.5. The number of likely N-dealkylation sites (tertiary alicyclic amines) is 1. The van der Waals surface area contributed by atoms with Crippen LogP contribution in [0.4, 0.5) is 4.39 Å². The number of nitrogens with one attached hydrogen (secondary N) is 1. The molecule has 162 valence electrons. The number of unbranched alkanes of at least 4 members (excludes halogenated alkanes) is 1. The summed E-state index contributed by atoms with van der Waals surface area (Å²) in [7, 11) is 1.97. The van der Waals surface area contributed by atoms with Gasteiger partial charge >= 0.3 is 0 Å². The van der Waals surface area contributed by atoms with Crippen LogP contribution in [0.5, 0.6) is 5.75 Å². The Morgan fingerprint density at radius 2 is 1.86 bits per heavy atom. The monoisotopic (exact) mass is 423 g/mol. The maximum atomic E-state index is 12.9. The zero-order valence-electron chi connectivity index (χ0n) is 18.0. The molecular formula is C22H34FN3O2S. The molecule has 1 aliphatic rings. The summed E-state index contributed by atoms with van der Waals surface area (Å²) < 4.78 is 18.5. The van der Waals surface area contributed by atoms with Gasteiger partial charge in [-0.3, -0.25) is 4.79 Å². The van der Waals surface area contributed by atoms with E-state index in [9.17, 15) is 9.18 Å². The Morgan fingerprint density at radius 1 is 1.24 bits per heavy atom. The highest BCUT2D eigenvalue weighted by atomic mass is 32.1. The Hall–Kier alpha value is -1.73. The number of hydrogen-bond donors (Lipinski definition) is 1. The van der Waals surface area contributed by atoms with Crippen molar-refractivity contribution in [1.82, 2.24) is 15.1 Å². The third-order valence-electron chi connectivity index (χ3n) is 5.28. The second-order valence-corrected chi connectivity index (χ2v) is 9.09. The average Bonchev–Trinajstić information content (AvgIpc) is 2.68. The van der Waals surface area contributed by atoms with Gasteiger partial charge in [-0.25, -0.2) is 4.39 Å². The number of benzene rings is 1. The number of rotatable bonds is 7. The first-order chi connectivity index (χ1) is 13.7. The van der Waals surface area contributed by atoms with Gasteiger partial charge in [-0.1, -0.05) is 20.8 Å². The Morgan fingerprint density at radius 3 is 2.45 bits per heavy atom. The van der Waals surface area contributed by atoms with E-state index < -0.39 is 5.41 Å². The highest BCUT2D eigenvalue weighted by Gasteiger charge is 2.27. The second-order valence-electron chi connectivity index (χ2n) is 8.70. The molecule has 7 heteroatoms. The van der Waals surface area contributed by atoms with E-state index in [1.807, 2.05) is 32.7 Å².